The van der Waals surface area contributed by atoms with Gasteiger partial charge in [-0.1, -0.05) is 36.4 Å². The highest BCUT2D eigenvalue weighted by Crippen LogP contribution is 2.21. The highest BCUT2D eigenvalue weighted by molar-refractivity contribution is 5.95. The molecule has 1 aliphatic rings. The predicted molar refractivity (Wildman–Crippen MR) is 106 cm³/mol. The minimum absolute atomic E-state index is 0.0137. The highest BCUT2D eigenvalue weighted by atomic mass is 16.2. The summed E-state index contributed by atoms with van der Waals surface area (Å²) in [4.78, 5) is 41.4. The van der Waals surface area contributed by atoms with Gasteiger partial charge in [-0.05, 0) is 30.5 Å². The normalized spacial score (nSPS) is 18.5. The summed E-state index contributed by atoms with van der Waals surface area (Å²) >= 11 is 0. The van der Waals surface area contributed by atoms with Crippen LogP contribution in [-0.2, 0) is 4.79 Å². The van der Waals surface area contributed by atoms with Crippen molar-refractivity contribution >= 4 is 17.5 Å². The minimum atomic E-state index is -0.725. The largest absolute Gasteiger partial charge is 0.276 e. The van der Waals surface area contributed by atoms with E-state index in [9.17, 15) is 14.4 Å². The van der Waals surface area contributed by atoms with Gasteiger partial charge in [-0.3, -0.25) is 29.6 Å². The first-order valence-corrected chi connectivity index (χ1v) is 9.17. The third-order valence-electron chi connectivity index (χ3n) is 4.82. The summed E-state index contributed by atoms with van der Waals surface area (Å²) in [6.45, 7) is 1.84. The van der Waals surface area contributed by atoms with Crippen molar-refractivity contribution < 1.29 is 9.59 Å². The first kappa shape index (κ1) is 18.8. The lowest BCUT2D eigenvalue weighted by atomic mass is 10.0. The van der Waals surface area contributed by atoms with Crippen molar-refractivity contribution in [3.8, 4) is 0 Å². The van der Waals surface area contributed by atoms with E-state index in [0.717, 1.165) is 11.1 Å². The molecule has 9 nitrogen and oxygen atoms in total. The first-order valence-electron chi connectivity index (χ1n) is 9.17. The Morgan fingerprint density at radius 2 is 1.90 bits per heavy atom. The van der Waals surface area contributed by atoms with E-state index in [2.05, 4.69) is 26.7 Å². The molecule has 1 aliphatic heterocycles. The minimum Gasteiger partial charge on any atom is -0.271 e. The van der Waals surface area contributed by atoms with Gasteiger partial charge in [0.2, 0.25) is 0 Å². The van der Waals surface area contributed by atoms with E-state index in [1.807, 2.05) is 43.3 Å². The van der Waals surface area contributed by atoms with Crippen molar-refractivity contribution in [3.63, 3.8) is 0 Å². The van der Waals surface area contributed by atoms with E-state index in [1.165, 1.54) is 10.6 Å². The Morgan fingerprint density at radius 3 is 2.69 bits per heavy atom. The Hall–Kier alpha value is -3.56. The number of aryl methyl sites for hydroxylation is 1. The molecule has 2 unspecified atom stereocenters. The molecule has 4 N–H and O–H groups in total. The van der Waals surface area contributed by atoms with Gasteiger partial charge in [-0.25, -0.2) is 15.8 Å². The standard InChI is InChI=1S/C20H20N6O3/c1-12-7-8-17-21-10-14(20(29)26(17)11-12)18(27)24-25-19(28)16-9-15(22-23-16)13-5-3-2-4-6-13/h2-8,10-11,15-16,22-23H,9H2,1H3,(H,24,27)(H,25,28). The number of carbonyl (C=O) groups is 2. The van der Waals surface area contributed by atoms with Gasteiger partial charge >= 0.3 is 0 Å². The molecule has 2 atom stereocenters. The van der Waals surface area contributed by atoms with Crippen LogP contribution in [-0.4, -0.2) is 27.2 Å². The zero-order chi connectivity index (χ0) is 20.4. The first-order chi connectivity index (χ1) is 14.0. The number of carbonyl (C=O) groups excluding carboxylic acids is 2. The van der Waals surface area contributed by atoms with Gasteiger partial charge < -0.3 is 0 Å². The van der Waals surface area contributed by atoms with Crippen molar-refractivity contribution in [3.05, 3.63) is 81.9 Å². The second-order valence-corrected chi connectivity index (χ2v) is 6.90. The monoisotopic (exact) mass is 392 g/mol. The topological polar surface area (TPSA) is 117 Å². The maximum Gasteiger partial charge on any atom is 0.276 e. The number of pyridine rings is 1. The zero-order valence-corrected chi connectivity index (χ0v) is 15.7. The summed E-state index contributed by atoms with van der Waals surface area (Å²) in [6, 6.07) is 12.7. The van der Waals surface area contributed by atoms with Gasteiger partial charge in [0.05, 0.1) is 0 Å². The molecule has 0 radical (unpaired) electrons. The maximum atomic E-state index is 12.5. The van der Waals surface area contributed by atoms with Crippen LogP contribution in [0.5, 0.6) is 0 Å². The average molecular weight is 392 g/mol. The van der Waals surface area contributed by atoms with Gasteiger partial charge in [-0.15, -0.1) is 0 Å². The van der Waals surface area contributed by atoms with E-state index in [0.29, 0.717) is 12.1 Å². The average Bonchev–Trinajstić information content (AvgIpc) is 3.23. The second-order valence-electron chi connectivity index (χ2n) is 6.90. The van der Waals surface area contributed by atoms with Crippen LogP contribution in [0.15, 0.2) is 59.7 Å². The fourth-order valence-electron chi connectivity index (χ4n) is 3.24. The van der Waals surface area contributed by atoms with E-state index in [1.54, 1.807) is 12.3 Å². The number of nitrogens with one attached hydrogen (secondary N) is 4. The molecule has 2 aromatic heterocycles. The number of hydrazine groups is 2. The summed E-state index contributed by atoms with van der Waals surface area (Å²) in [5, 5.41) is 0. The van der Waals surface area contributed by atoms with Crippen LogP contribution in [0.4, 0.5) is 0 Å². The van der Waals surface area contributed by atoms with Crippen LogP contribution in [0.3, 0.4) is 0 Å². The summed E-state index contributed by atoms with van der Waals surface area (Å²) < 4.78 is 1.30. The lowest BCUT2D eigenvalue weighted by Gasteiger charge is -2.12. The highest BCUT2D eigenvalue weighted by Gasteiger charge is 2.30. The molecule has 3 heterocycles. The van der Waals surface area contributed by atoms with E-state index < -0.39 is 23.4 Å². The van der Waals surface area contributed by atoms with Crippen LogP contribution in [0.25, 0.3) is 5.65 Å². The van der Waals surface area contributed by atoms with Crippen LogP contribution < -0.4 is 27.3 Å². The SMILES string of the molecule is Cc1ccc2ncc(C(=O)NNC(=O)C3CC(c4ccccc4)NN3)c(=O)n2c1. The van der Waals surface area contributed by atoms with E-state index >= 15 is 0 Å². The van der Waals surface area contributed by atoms with Gasteiger partial charge in [0.1, 0.15) is 17.3 Å². The Bertz CT molecular complexity index is 1130. The Labute approximate surface area is 166 Å². The van der Waals surface area contributed by atoms with Crippen molar-refractivity contribution in [1.29, 1.82) is 0 Å². The van der Waals surface area contributed by atoms with Crippen molar-refractivity contribution in [1.82, 2.24) is 31.1 Å². The van der Waals surface area contributed by atoms with Crippen LogP contribution in [0.1, 0.15) is 33.9 Å². The molecule has 3 aromatic rings. The lowest BCUT2D eigenvalue weighted by Crippen LogP contribution is -2.51. The number of hydrogen-bond acceptors (Lipinski definition) is 6. The molecule has 1 fully saturated rings. The van der Waals surface area contributed by atoms with Crippen LogP contribution in [0.2, 0.25) is 0 Å². The van der Waals surface area contributed by atoms with Crippen molar-refractivity contribution in [2.24, 2.45) is 0 Å². The second kappa shape index (κ2) is 7.82. The van der Waals surface area contributed by atoms with Gasteiger partial charge in [0.15, 0.2) is 0 Å². The van der Waals surface area contributed by atoms with Crippen LogP contribution in [0, 0.1) is 6.92 Å². The molecule has 1 aromatic carbocycles. The Morgan fingerprint density at radius 1 is 1.10 bits per heavy atom. The summed E-state index contributed by atoms with van der Waals surface area (Å²) in [5.74, 6) is -1.13. The predicted octanol–water partition coefficient (Wildman–Crippen LogP) is 0.372. The number of aromatic nitrogens is 2. The zero-order valence-electron chi connectivity index (χ0n) is 15.7. The maximum absolute atomic E-state index is 12.5. The smallest absolute Gasteiger partial charge is 0.271 e. The third-order valence-corrected chi connectivity index (χ3v) is 4.82. The van der Waals surface area contributed by atoms with Crippen LogP contribution >= 0.6 is 0 Å². The fourth-order valence-corrected chi connectivity index (χ4v) is 3.24. The summed E-state index contributed by atoms with van der Waals surface area (Å²) in [7, 11) is 0. The van der Waals surface area contributed by atoms with E-state index in [-0.39, 0.29) is 11.6 Å². The summed E-state index contributed by atoms with van der Waals surface area (Å²) in [5.41, 5.74) is 12.3. The molecule has 29 heavy (non-hydrogen) atoms. The number of rotatable bonds is 3. The third kappa shape index (κ3) is 3.86. The van der Waals surface area contributed by atoms with Gasteiger partial charge in [-0.2, -0.15) is 0 Å². The molecule has 9 heteroatoms. The molecular formula is C20H20N6O3. The molecular weight excluding hydrogens is 372 g/mol. The van der Waals surface area contributed by atoms with Gasteiger partial charge in [0.25, 0.3) is 17.4 Å². The molecule has 0 bridgehead atoms. The number of benzene rings is 1. The Balaban J connectivity index is 1.40. The lowest BCUT2D eigenvalue weighted by molar-refractivity contribution is -0.123. The molecule has 0 saturated carbocycles. The molecule has 148 valence electrons. The molecule has 0 aliphatic carbocycles. The number of nitrogens with zero attached hydrogens (tertiary/aromatic N) is 2. The molecule has 4 rings (SSSR count). The van der Waals surface area contributed by atoms with E-state index in [4.69, 9.17) is 0 Å². The molecule has 2 amide bonds. The van der Waals surface area contributed by atoms with Gasteiger partial charge in [0, 0.05) is 18.4 Å². The number of amides is 2. The Kier molecular flexibility index (Phi) is 5.07. The number of hydrogen-bond donors (Lipinski definition) is 4. The van der Waals surface area contributed by atoms with Crippen molar-refractivity contribution in [2.45, 2.75) is 25.4 Å². The van der Waals surface area contributed by atoms with Crippen molar-refractivity contribution in [2.75, 3.05) is 0 Å². The quantitative estimate of drug-likeness (QED) is 0.479. The fraction of sp³-hybridized carbons (Fsp3) is 0.200. The summed E-state index contributed by atoms with van der Waals surface area (Å²) in [6.07, 6.45) is 3.33. The molecule has 1 saturated heterocycles. The molecule has 0 spiro atoms. The number of fused-ring (bicyclic) bond motifs is 1.